The molecule has 1 saturated heterocycles. The molecule has 4 rings (SSSR count). The van der Waals surface area contributed by atoms with Gasteiger partial charge in [0.05, 0.1) is 6.54 Å². The highest BCUT2D eigenvalue weighted by molar-refractivity contribution is 6.03. The minimum Gasteiger partial charge on any atom is -0.350 e. The summed E-state index contributed by atoms with van der Waals surface area (Å²) < 4.78 is 1.71. The standard InChI is InChI=1S/C22H26N8O2/c1-15-12-16(2)26-21(25-15)24-14-17-4-3-5-18(13-17)20(31)27-19-6-8-30(28-19)11-10-29-9-7-23-22(29)32/h3-6,8,12-13H,7,9-11,14H2,1-2H3,(H,23,32)(H,24,25,26)(H,27,28,31). The zero-order valence-electron chi connectivity index (χ0n) is 18.1. The number of amides is 3. The van der Waals surface area contributed by atoms with Crippen molar-refractivity contribution in [2.75, 3.05) is 30.3 Å². The van der Waals surface area contributed by atoms with E-state index in [2.05, 4.69) is 31.0 Å². The average molecular weight is 435 g/mol. The maximum Gasteiger partial charge on any atom is 0.317 e. The van der Waals surface area contributed by atoms with E-state index in [1.165, 1.54) is 0 Å². The number of aromatic nitrogens is 4. The van der Waals surface area contributed by atoms with Gasteiger partial charge in [-0.1, -0.05) is 12.1 Å². The quantitative estimate of drug-likeness (QED) is 0.500. The second kappa shape index (κ2) is 9.46. The fourth-order valence-electron chi connectivity index (χ4n) is 3.50. The predicted molar refractivity (Wildman–Crippen MR) is 120 cm³/mol. The average Bonchev–Trinajstić information content (AvgIpc) is 3.38. The summed E-state index contributed by atoms with van der Waals surface area (Å²) >= 11 is 0. The fraction of sp³-hybridized carbons (Fsp3) is 0.318. The molecule has 1 aliphatic rings. The van der Waals surface area contributed by atoms with E-state index < -0.39 is 0 Å². The maximum absolute atomic E-state index is 12.7. The number of benzene rings is 1. The molecule has 1 fully saturated rings. The molecule has 0 radical (unpaired) electrons. The summed E-state index contributed by atoms with van der Waals surface area (Å²) in [5, 5.41) is 13.2. The van der Waals surface area contributed by atoms with Crippen LogP contribution in [0.2, 0.25) is 0 Å². The van der Waals surface area contributed by atoms with Crippen molar-refractivity contribution in [3.05, 3.63) is 65.1 Å². The lowest BCUT2D eigenvalue weighted by Crippen LogP contribution is -2.31. The van der Waals surface area contributed by atoms with Gasteiger partial charge >= 0.3 is 6.03 Å². The van der Waals surface area contributed by atoms with Gasteiger partial charge in [0.1, 0.15) is 0 Å². The van der Waals surface area contributed by atoms with Crippen molar-refractivity contribution in [3.63, 3.8) is 0 Å². The van der Waals surface area contributed by atoms with Crippen LogP contribution in [0.5, 0.6) is 0 Å². The molecule has 10 nitrogen and oxygen atoms in total. The van der Waals surface area contributed by atoms with Gasteiger partial charge in [-0.05, 0) is 37.6 Å². The Morgan fingerprint density at radius 2 is 1.94 bits per heavy atom. The molecule has 3 aromatic rings. The summed E-state index contributed by atoms with van der Waals surface area (Å²) in [4.78, 5) is 34.8. The van der Waals surface area contributed by atoms with Gasteiger partial charge in [0.15, 0.2) is 5.82 Å². The molecule has 0 saturated carbocycles. The Labute approximate surface area is 186 Å². The molecule has 0 bridgehead atoms. The smallest absolute Gasteiger partial charge is 0.317 e. The van der Waals surface area contributed by atoms with Gasteiger partial charge in [-0.25, -0.2) is 14.8 Å². The number of nitrogens with one attached hydrogen (secondary N) is 3. The zero-order valence-corrected chi connectivity index (χ0v) is 18.1. The summed E-state index contributed by atoms with van der Waals surface area (Å²) in [5.74, 6) is 0.793. The number of anilines is 2. The Kier molecular flexibility index (Phi) is 6.29. The van der Waals surface area contributed by atoms with Crippen LogP contribution in [0, 0.1) is 13.8 Å². The molecule has 10 heteroatoms. The summed E-state index contributed by atoms with van der Waals surface area (Å²) in [6.45, 7) is 6.86. The third kappa shape index (κ3) is 5.39. The third-order valence-electron chi connectivity index (χ3n) is 5.05. The van der Waals surface area contributed by atoms with Crippen molar-refractivity contribution in [1.82, 2.24) is 30.0 Å². The molecule has 2 aromatic heterocycles. The largest absolute Gasteiger partial charge is 0.350 e. The minimum atomic E-state index is -0.237. The Hall–Kier alpha value is -3.95. The van der Waals surface area contributed by atoms with Crippen molar-refractivity contribution < 1.29 is 9.59 Å². The molecule has 32 heavy (non-hydrogen) atoms. The Bertz CT molecular complexity index is 1110. The van der Waals surface area contributed by atoms with Crippen LogP contribution < -0.4 is 16.0 Å². The number of aryl methyl sites for hydroxylation is 2. The molecule has 3 amide bonds. The lowest BCUT2D eigenvalue weighted by molar-refractivity contribution is 0.102. The number of carbonyl (C=O) groups is 2. The van der Waals surface area contributed by atoms with E-state index >= 15 is 0 Å². The molecule has 0 unspecified atom stereocenters. The Balaban J connectivity index is 1.32. The first-order chi connectivity index (χ1) is 15.5. The van der Waals surface area contributed by atoms with Gasteiger partial charge in [0.25, 0.3) is 5.91 Å². The topological polar surface area (TPSA) is 117 Å². The van der Waals surface area contributed by atoms with Gasteiger partial charge in [-0.3, -0.25) is 9.48 Å². The molecule has 3 heterocycles. The minimum absolute atomic E-state index is 0.0517. The Morgan fingerprint density at radius 1 is 1.12 bits per heavy atom. The molecule has 166 valence electrons. The van der Waals surface area contributed by atoms with E-state index in [-0.39, 0.29) is 11.9 Å². The summed E-state index contributed by atoms with van der Waals surface area (Å²) in [6.07, 6.45) is 1.79. The van der Waals surface area contributed by atoms with Crippen molar-refractivity contribution in [2.45, 2.75) is 26.9 Å². The zero-order chi connectivity index (χ0) is 22.5. The van der Waals surface area contributed by atoms with Gasteiger partial charge in [-0.15, -0.1) is 0 Å². The van der Waals surface area contributed by atoms with Crippen LogP contribution in [0.15, 0.2) is 42.6 Å². The number of urea groups is 1. The predicted octanol–water partition coefficient (Wildman–Crippen LogP) is 2.18. The third-order valence-corrected chi connectivity index (χ3v) is 5.05. The van der Waals surface area contributed by atoms with Crippen molar-refractivity contribution >= 4 is 23.7 Å². The highest BCUT2D eigenvalue weighted by atomic mass is 16.2. The van der Waals surface area contributed by atoms with Gasteiger partial charge in [0.2, 0.25) is 5.95 Å². The highest BCUT2D eigenvalue weighted by Crippen LogP contribution is 2.12. The molecule has 1 aliphatic heterocycles. The lowest BCUT2D eigenvalue weighted by Gasteiger charge is -2.13. The van der Waals surface area contributed by atoms with Crippen molar-refractivity contribution in [3.8, 4) is 0 Å². The fourth-order valence-corrected chi connectivity index (χ4v) is 3.50. The van der Waals surface area contributed by atoms with Crippen molar-refractivity contribution in [1.29, 1.82) is 0 Å². The Morgan fingerprint density at radius 3 is 2.69 bits per heavy atom. The van der Waals surface area contributed by atoms with Crippen LogP contribution in [-0.4, -0.2) is 56.2 Å². The van der Waals surface area contributed by atoms with Gasteiger partial charge < -0.3 is 20.9 Å². The first-order valence-electron chi connectivity index (χ1n) is 10.5. The van der Waals surface area contributed by atoms with Gasteiger partial charge in [0, 0.05) is 55.4 Å². The van der Waals surface area contributed by atoms with Crippen LogP contribution in [0.25, 0.3) is 0 Å². The normalized spacial score (nSPS) is 13.2. The number of rotatable bonds is 8. The summed E-state index contributed by atoms with van der Waals surface area (Å²) in [7, 11) is 0. The monoisotopic (exact) mass is 434 g/mol. The van der Waals surface area contributed by atoms with Crippen LogP contribution in [0.1, 0.15) is 27.3 Å². The lowest BCUT2D eigenvalue weighted by atomic mass is 10.1. The van der Waals surface area contributed by atoms with Gasteiger partial charge in [-0.2, -0.15) is 5.10 Å². The molecule has 0 aliphatic carbocycles. The number of hydrogen-bond acceptors (Lipinski definition) is 6. The van der Waals surface area contributed by atoms with Crippen LogP contribution in [0.4, 0.5) is 16.6 Å². The van der Waals surface area contributed by atoms with E-state index in [0.717, 1.165) is 17.0 Å². The first kappa shape index (κ1) is 21.3. The van der Waals surface area contributed by atoms with Crippen LogP contribution >= 0.6 is 0 Å². The first-order valence-corrected chi connectivity index (χ1v) is 10.5. The van der Waals surface area contributed by atoms with E-state index in [0.29, 0.717) is 50.1 Å². The van der Waals surface area contributed by atoms with Crippen LogP contribution in [0.3, 0.4) is 0 Å². The van der Waals surface area contributed by atoms with Crippen molar-refractivity contribution in [2.24, 2.45) is 0 Å². The second-order valence-electron chi connectivity index (χ2n) is 7.67. The SMILES string of the molecule is Cc1cc(C)nc(NCc2cccc(C(=O)Nc3ccn(CCN4CCNC4=O)n3)c2)n1. The number of nitrogens with zero attached hydrogens (tertiary/aromatic N) is 5. The molecular formula is C22H26N8O2. The summed E-state index contributed by atoms with van der Waals surface area (Å²) in [5.41, 5.74) is 3.27. The molecular weight excluding hydrogens is 408 g/mol. The molecule has 3 N–H and O–H groups in total. The van der Waals surface area contributed by atoms with Crippen LogP contribution in [-0.2, 0) is 13.1 Å². The number of carbonyl (C=O) groups excluding carboxylic acids is 2. The summed E-state index contributed by atoms with van der Waals surface area (Å²) in [6, 6.07) is 11.0. The molecule has 1 aromatic carbocycles. The highest BCUT2D eigenvalue weighted by Gasteiger charge is 2.18. The molecule has 0 atom stereocenters. The van der Waals surface area contributed by atoms with E-state index in [1.807, 2.05) is 38.1 Å². The molecule has 0 spiro atoms. The van der Waals surface area contributed by atoms with E-state index in [4.69, 9.17) is 0 Å². The van der Waals surface area contributed by atoms with E-state index in [1.54, 1.807) is 27.9 Å². The number of hydrogen-bond donors (Lipinski definition) is 3. The maximum atomic E-state index is 12.7. The second-order valence-corrected chi connectivity index (χ2v) is 7.67. The van der Waals surface area contributed by atoms with E-state index in [9.17, 15) is 9.59 Å².